The molecule has 124 valence electrons. The van der Waals surface area contributed by atoms with Crippen LogP contribution >= 0.6 is 0 Å². The van der Waals surface area contributed by atoms with Crippen LogP contribution in [-0.4, -0.2) is 28.4 Å². The average molecular weight is 314 g/mol. The fourth-order valence-corrected chi connectivity index (χ4v) is 5.26. The van der Waals surface area contributed by atoms with Crippen molar-refractivity contribution >= 4 is 5.91 Å². The Hall–Kier alpha value is -1.58. The van der Waals surface area contributed by atoms with Crippen LogP contribution in [-0.2, 0) is 0 Å². The summed E-state index contributed by atoms with van der Waals surface area (Å²) in [5.41, 5.74) is 0.850. The molecule has 0 aromatic carbocycles. The molecule has 1 aromatic rings. The van der Waals surface area contributed by atoms with Gasteiger partial charge >= 0.3 is 0 Å². The van der Waals surface area contributed by atoms with Gasteiger partial charge in [-0.2, -0.15) is 0 Å². The number of carbonyl (C=O) groups is 1. The maximum atomic E-state index is 12.8. The van der Waals surface area contributed by atoms with Gasteiger partial charge in [-0.1, -0.05) is 6.42 Å². The summed E-state index contributed by atoms with van der Waals surface area (Å²) in [6.45, 7) is 2.64. The van der Waals surface area contributed by atoms with Gasteiger partial charge in [-0.05, 0) is 75.3 Å². The van der Waals surface area contributed by atoms with E-state index in [1.807, 2.05) is 17.9 Å². The number of amides is 1. The molecule has 1 aromatic heterocycles. The Morgan fingerprint density at radius 2 is 2.13 bits per heavy atom. The number of hydrogen-bond donors (Lipinski definition) is 1. The van der Waals surface area contributed by atoms with Crippen molar-refractivity contribution in [1.82, 2.24) is 9.88 Å². The van der Waals surface area contributed by atoms with Gasteiger partial charge in [-0.25, -0.2) is 0 Å². The molecule has 1 saturated heterocycles. The number of likely N-dealkylation sites (tertiary alicyclic amines) is 1. The van der Waals surface area contributed by atoms with E-state index in [4.69, 9.17) is 0 Å². The number of carbonyl (C=O) groups excluding carboxylic acids is 1. The Labute approximate surface area is 137 Å². The maximum Gasteiger partial charge on any atom is 0.260 e. The largest absolute Gasteiger partial charge is 0.335 e. The quantitative estimate of drug-likeness (QED) is 0.932. The molecule has 4 heteroatoms. The molecule has 1 amide bonds. The minimum Gasteiger partial charge on any atom is -0.335 e. The minimum atomic E-state index is -0.249. The highest BCUT2D eigenvalue weighted by Gasteiger charge is 2.42. The molecule has 0 unspecified atom stereocenters. The van der Waals surface area contributed by atoms with Gasteiger partial charge in [0, 0.05) is 18.3 Å². The van der Waals surface area contributed by atoms with Crippen molar-refractivity contribution in [2.45, 2.75) is 57.9 Å². The van der Waals surface area contributed by atoms with Crippen molar-refractivity contribution in [3.05, 3.63) is 33.7 Å². The first-order valence-electron chi connectivity index (χ1n) is 9.12. The third kappa shape index (κ3) is 2.73. The highest BCUT2D eigenvalue weighted by Crippen LogP contribution is 2.50. The molecule has 2 bridgehead atoms. The molecule has 0 radical (unpaired) electrons. The van der Waals surface area contributed by atoms with Crippen molar-refractivity contribution in [1.29, 1.82) is 0 Å². The van der Waals surface area contributed by atoms with E-state index < -0.39 is 0 Å². The Morgan fingerprint density at radius 3 is 2.83 bits per heavy atom. The van der Waals surface area contributed by atoms with Gasteiger partial charge in [-0.15, -0.1) is 0 Å². The van der Waals surface area contributed by atoms with Crippen LogP contribution in [0.4, 0.5) is 0 Å². The van der Waals surface area contributed by atoms with E-state index in [1.165, 1.54) is 25.7 Å². The number of aromatic nitrogens is 1. The van der Waals surface area contributed by atoms with E-state index in [0.29, 0.717) is 11.6 Å². The number of fused-ring (bicyclic) bond motifs is 2. The lowest BCUT2D eigenvalue weighted by molar-refractivity contribution is 0.0706. The van der Waals surface area contributed by atoms with Crippen LogP contribution in [0.5, 0.6) is 0 Å². The van der Waals surface area contributed by atoms with E-state index in [0.717, 1.165) is 49.3 Å². The lowest BCUT2D eigenvalue weighted by atomic mass is 9.83. The van der Waals surface area contributed by atoms with Crippen molar-refractivity contribution < 1.29 is 4.79 Å². The van der Waals surface area contributed by atoms with Gasteiger partial charge in [0.1, 0.15) is 5.56 Å². The van der Waals surface area contributed by atoms with Crippen LogP contribution in [0.1, 0.15) is 61.0 Å². The Kier molecular flexibility index (Phi) is 3.78. The number of nitrogens with one attached hydrogen (secondary N) is 1. The second kappa shape index (κ2) is 5.81. The monoisotopic (exact) mass is 314 g/mol. The number of pyridine rings is 1. The van der Waals surface area contributed by atoms with Gasteiger partial charge in [0.25, 0.3) is 11.5 Å². The topological polar surface area (TPSA) is 53.2 Å². The standard InChI is InChI=1S/C19H26N2O2/c1-12-4-7-17(18(22)20-12)19(23)21-8-2-3-16(21)11-15-10-13-5-6-14(15)9-13/h4,7,13-16H,2-3,5-6,8-11H2,1H3,(H,20,22)/t13-,14-,15+,16-/m0/s1. The van der Waals surface area contributed by atoms with Gasteiger partial charge < -0.3 is 9.88 Å². The predicted octanol–water partition coefficient (Wildman–Crippen LogP) is 3.11. The van der Waals surface area contributed by atoms with Crippen molar-refractivity contribution in [3.8, 4) is 0 Å². The Bertz CT molecular complexity index is 666. The second-order valence-corrected chi connectivity index (χ2v) is 7.85. The number of nitrogens with zero attached hydrogens (tertiary/aromatic N) is 1. The van der Waals surface area contributed by atoms with Crippen LogP contribution in [0.15, 0.2) is 16.9 Å². The average Bonchev–Trinajstić information content (AvgIpc) is 3.23. The summed E-state index contributed by atoms with van der Waals surface area (Å²) < 4.78 is 0. The van der Waals surface area contributed by atoms with Crippen molar-refractivity contribution in [3.63, 3.8) is 0 Å². The first-order chi connectivity index (χ1) is 11.1. The highest BCUT2D eigenvalue weighted by molar-refractivity contribution is 5.94. The van der Waals surface area contributed by atoms with Crippen LogP contribution in [0.2, 0.25) is 0 Å². The van der Waals surface area contributed by atoms with Gasteiger partial charge in [0.05, 0.1) is 0 Å². The SMILES string of the molecule is Cc1ccc(C(=O)N2CCC[C@H]2C[C@H]2C[C@H]3CC[C@H]2C3)c(=O)[nH]1. The normalized spacial score (nSPS) is 32.7. The lowest BCUT2D eigenvalue weighted by Gasteiger charge is -2.30. The molecule has 0 spiro atoms. The first kappa shape index (κ1) is 15.0. The molecule has 1 N–H and O–H groups in total. The number of aryl methyl sites for hydroxylation is 1. The van der Waals surface area contributed by atoms with Gasteiger partial charge in [-0.3, -0.25) is 9.59 Å². The van der Waals surface area contributed by atoms with E-state index in [1.54, 1.807) is 6.07 Å². The second-order valence-electron chi connectivity index (χ2n) is 7.85. The molecular formula is C19H26N2O2. The van der Waals surface area contributed by atoms with Gasteiger partial charge in [0.15, 0.2) is 0 Å². The number of hydrogen-bond acceptors (Lipinski definition) is 2. The summed E-state index contributed by atoms with van der Waals surface area (Å²) in [7, 11) is 0. The van der Waals surface area contributed by atoms with Gasteiger partial charge in [0.2, 0.25) is 0 Å². The van der Waals surface area contributed by atoms with Crippen LogP contribution in [0, 0.1) is 24.7 Å². The fraction of sp³-hybridized carbons (Fsp3) is 0.684. The van der Waals surface area contributed by atoms with Crippen molar-refractivity contribution in [2.75, 3.05) is 6.54 Å². The molecule has 2 aliphatic carbocycles. The molecule has 4 nitrogen and oxygen atoms in total. The third-order valence-electron chi connectivity index (χ3n) is 6.38. The van der Waals surface area contributed by atoms with E-state index >= 15 is 0 Å². The Morgan fingerprint density at radius 1 is 1.26 bits per heavy atom. The summed E-state index contributed by atoms with van der Waals surface area (Å²) >= 11 is 0. The summed E-state index contributed by atoms with van der Waals surface area (Å²) in [5.74, 6) is 2.59. The highest BCUT2D eigenvalue weighted by atomic mass is 16.2. The summed E-state index contributed by atoms with van der Waals surface area (Å²) in [5, 5.41) is 0. The molecule has 3 aliphatic rings. The van der Waals surface area contributed by atoms with Crippen molar-refractivity contribution in [2.24, 2.45) is 17.8 Å². The maximum absolute atomic E-state index is 12.8. The fourth-order valence-electron chi connectivity index (χ4n) is 5.26. The predicted molar refractivity (Wildman–Crippen MR) is 89.4 cm³/mol. The molecule has 23 heavy (non-hydrogen) atoms. The summed E-state index contributed by atoms with van der Waals surface area (Å²) in [6.07, 6.45) is 8.93. The number of aromatic amines is 1. The van der Waals surface area contributed by atoms with E-state index in [-0.39, 0.29) is 11.5 Å². The van der Waals surface area contributed by atoms with Crippen LogP contribution < -0.4 is 5.56 Å². The summed E-state index contributed by atoms with van der Waals surface area (Å²) in [4.78, 5) is 29.6. The lowest BCUT2D eigenvalue weighted by Crippen LogP contribution is -2.39. The van der Waals surface area contributed by atoms with E-state index in [2.05, 4.69) is 4.98 Å². The molecule has 2 saturated carbocycles. The zero-order valence-electron chi connectivity index (χ0n) is 13.9. The minimum absolute atomic E-state index is 0.0723. The smallest absolute Gasteiger partial charge is 0.260 e. The zero-order chi connectivity index (χ0) is 16.0. The first-order valence-corrected chi connectivity index (χ1v) is 9.12. The summed E-state index contributed by atoms with van der Waals surface area (Å²) in [6, 6.07) is 3.84. The molecule has 4 rings (SSSR count). The zero-order valence-corrected chi connectivity index (χ0v) is 13.9. The number of H-pyrrole nitrogens is 1. The van der Waals surface area contributed by atoms with Crippen LogP contribution in [0.25, 0.3) is 0 Å². The van der Waals surface area contributed by atoms with E-state index in [9.17, 15) is 9.59 Å². The third-order valence-corrected chi connectivity index (χ3v) is 6.38. The molecule has 2 heterocycles. The molecular weight excluding hydrogens is 288 g/mol. The molecule has 3 fully saturated rings. The number of rotatable bonds is 3. The molecule has 4 atom stereocenters. The van der Waals surface area contributed by atoms with Crippen LogP contribution in [0.3, 0.4) is 0 Å². The molecule has 1 aliphatic heterocycles. The Balaban J connectivity index is 1.49.